The zero-order valence-electron chi connectivity index (χ0n) is 11.4. The minimum atomic E-state index is -0.738. The first-order valence-corrected chi connectivity index (χ1v) is 6.43. The number of likely N-dealkylation sites (N-methyl/N-ethyl adjacent to an activating group) is 1. The standard InChI is InChI=1S/C12H14N4O5/c1-13-2-4-14(5-3-13)12(17)9-6-10(15(18)19)8-11(7-9)16(20)21/h6-8H,2-5H2,1H3/p+1. The van der Waals surface area contributed by atoms with Gasteiger partial charge in [0.2, 0.25) is 0 Å². The first-order chi connectivity index (χ1) is 9.88. The minimum Gasteiger partial charge on any atom is -0.334 e. The molecule has 0 aliphatic carbocycles. The molecule has 1 aliphatic rings. The normalized spacial score (nSPS) is 15.8. The summed E-state index contributed by atoms with van der Waals surface area (Å²) >= 11 is 0. The van der Waals surface area contributed by atoms with Crippen LogP contribution >= 0.6 is 0 Å². The molecule has 1 heterocycles. The predicted octanol–water partition coefficient (Wildman–Crippen LogP) is -0.526. The molecule has 0 atom stereocenters. The van der Waals surface area contributed by atoms with Crippen LogP contribution < -0.4 is 4.90 Å². The SMILES string of the molecule is C[NH+]1CCN(C(=O)c2cc([N+](=O)[O-])cc([N+](=O)[O-])c2)CC1. The Morgan fingerprint density at radius 1 is 1.10 bits per heavy atom. The molecule has 1 fully saturated rings. The van der Waals surface area contributed by atoms with Crippen molar-refractivity contribution in [2.75, 3.05) is 33.2 Å². The van der Waals surface area contributed by atoms with Gasteiger partial charge in [-0.2, -0.15) is 0 Å². The average Bonchev–Trinajstić information content (AvgIpc) is 2.46. The highest BCUT2D eigenvalue weighted by Crippen LogP contribution is 2.23. The maximum absolute atomic E-state index is 12.3. The zero-order valence-corrected chi connectivity index (χ0v) is 11.4. The van der Waals surface area contributed by atoms with E-state index in [0.29, 0.717) is 13.1 Å². The van der Waals surface area contributed by atoms with Crippen LogP contribution in [-0.2, 0) is 0 Å². The summed E-state index contributed by atoms with van der Waals surface area (Å²) in [6, 6.07) is 3.02. The highest BCUT2D eigenvalue weighted by atomic mass is 16.6. The first kappa shape index (κ1) is 14.9. The smallest absolute Gasteiger partial charge is 0.277 e. The van der Waals surface area contributed by atoms with Crippen LogP contribution in [0.5, 0.6) is 0 Å². The summed E-state index contributed by atoms with van der Waals surface area (Å²) in [4.78, 5) is 35.4. The Bertz CT molecular complexity index is 563. The monoisotopic (exact) mass is 295 g/mol. The molecule has 21 heavy (non-hydrogen) atoms. The third-order valence-electron chi connectivity index (χ3n) is 3.48. The number of quaternary nitrogens is 1. The number of nitro benzene ring substituents is 2. The van der Waals surface area contributed by atoms with E-state index >= 15 is 0 Å². The highest BCUT2D eigenvalue weighted by Gasteiger charge is 2.26. The molecule has 0 spiro atoms. The summed E-state index contributed by atoms with van der Waals surface area (Å²) in [7, 11) is 2.01. The van der Waals surface area contributed by atoms with Crippen LogP contribution in [-0.4, -0.2) is 53.9 Å². The van der Waals surface area contributed by atoms with Crippen LogP contribution in [0.3, 0.4) is 0 Å². The molecule has 0 radical (unpaired) electrons. The Morgan fingerprint density at radius 2 is 1.57 bits per heavy atom. The molecule has 0 bridgehead atoms. The molecule has 1 aromatic rings. The van der Waals surface area contributed by atoms with Crippen molar-refractivity contribution in [1.29, 1.82) is 0 Å². The van der Waals surface area contributed by atoms with Gasteiger partial charge in [0.25, 0.3) is 17.3 Å². The molecule has 0 aromatic heterocycles. The number of hydrogen-bond acceptors (Lipinski definition) is 5. The molecule has 1 aromatic carbocycles. The Balaban J connectivity index is 2.31. The molecule has 9 nitrogen and oxygen atoms in total. The molecule has 1 N–H and O–H groups in total. The molecule has 1 amide bonds. The number of nitrogens with one attached hydrogen (secondary N) is 1. The maximum Gasteiger partial charge on any atom is 0.277 e. The van der Waals surface area contributed by atoms with Gasteiger partial charge in [0.05, 0.1) is 54.7 Å². The van der Waals surface area contributed by atoms with Crippen molar-refractivity contribution < 1.29 is 19.5 Å². The third kappa shape index (κ3) is 3.31. The summed E-state index contributed by atoms with van der Waals surface area (Å²) in [6.45, 7) is 2.62. The van der Waals surface area contributed by atoms with E-state index in [1.54, 1.807) is 4.90 Å². The van der Waals surface area contributed by atoms with E-state index in [1.807, 2.05) is 7.05 Å². The number of nitrogens with zero attached hydrogens (tertiary/aromatic N) is 3. The molecule has 2 rings (SSSR count). The van der Waals surface area contributed by atoms with Crippen LogP contribution in [0.1, 0.15) is 10.4 Å². The molecule has 112 valence electrons. The van der Waals surface area contributed by atoms with Crippen LogP contribution in [0.25, 0.3) is 0 Å². The van der Waals surface area contributed by atoms with Gasteiger partial charge in [0.1, 0.15) is 0 Å². The lowest BCUT2D eigenvalue weighted by Crippen LogP contribution is -3.12. The maximum atomic E-state index is 12.3. The lowest BCUT2D eigenvalue weighted by molar-refractivity contribution is -0.883. The quantitative estimate of drug-likeness (QED) is 0.595. The van der Waals surface area contributed by atoms with Crippen molar-refractivity contribution in [1.82, 2.24) is 4.90 Å². The first-order valence-electron chi connectivity index (χ1n) is 6.43. The Hall–Kier alpha value is -2.55. The summed E-state index contributed by atoms with van der Waals surface area (Å²) in [5, 5.41) is 21.6. The fourth-order valence-corrected chi connectivity index (χ4v) is 2.20. The van der Waals surface area contributed by atoms with Gasteiger partial charge in [-0.15, -0.1) is 0 Å². The summed E-state index contributed by atoms with van der Waals surface area (Å²) in [5.74, 6) is -0.408. The fourth-order valence-electron chi connectivity index (χ4n) is 2.20. The molecular formula is C12H15N4O5+. The largest absolute Gasteiger partial charge is 0.334 e. The Kier molecular flexibility index (Phi) is 4.13. The number of nitro groups is 2. The van der Waals surface area contributed by atoms with E-state index in [1.165, 1.54) is 4.90 Å². The topological polar surface area (TPSA) is 111 Å². The lowest BCUT2D eigenvalue weighted by atomic mass is 10.1. The van der Waals surface area contributed by atoms with Crippen molar-refractivity contribution in [3.8, 4) is 0 Å². The van der Waals surface area contributed by atoms with Crippen molar-refractivity contribution in [2.24, 2.45) is 0 Å². The average molecular weight is 295 g/mol. The molecule has 9 heteroatoms. The zero-order chi connectivity index (χ0) is 15.6. The van der Waals surface area contributed by atoms with Crippen LogP contribution in [0.4, 0.5) is 11.4 Å². The highest BCUT2D eigenvalue weighted by molar-refractivity contribution is 5.95. The van der Waals surface area contributed by atoms with Gasteiger partial charge in [-0.1, -0.05) is 0 Å². The number of piperazine rings is 1. The van der Waals surface area contributed by atoms with Gasteiger partial charge in [-0.05, 0) is 0 Å². The van der Waals surface area contributed by atoms with Crippen LogP contribution in [0.15, 0.2) is 18.2 Å². The summed E-state index contributed by atoms with van der Waals surface area (Å²) in [6.07, 6.45) is 0. The second-order valence-electron chi connectivity index (χ2n) is 5.00. The van der Waals surface area contributed by atoms with Gasteiger partial charge < -0.3 is 9.80 Å². The van der Waals surface area contributed by atoms with Crippen molar-refractivity contribution in [2.45, 2.75) is 0 Å². The minimum absolute atomic E-state index is 0.0181. The summed E-state index contributed by atoms with van der Waals surface area (Å²) < 4.78 is 0. The number of non-ortho nitro benzene ring substituents is 2. The molecule has 1 saturated heterocycles. The van der Waals surface area contributed by atoms with Gasteiger partial charge in [0.15, 0.2) is 0 Å². The fraction of sp³-hybridized carbons (Fsp3) is 0.417. The van der Waals surface area contributed by atoms with Crippen LogP contribution in [0.2, 0.25) is 0 Å². The van der Waals surface area contributed by atoms with Gasteiger partial charge in [-0.25, -0.2) is 0 Å². The van der Waals surface area contributed by atoms with Crippen molar-refractivity contribution in [3.63, 3.8) is 0 Å². The summed E-state index contributed by atoms with van der Waals surface area (Å²) in [5.41, 5.74) is -0.921. The van der Waals surface area contributed by atoms with Gasteiger partial charge in [-0.3, -0.25) is 25.0 Å². The number of rotatable bonds is 3. The third-order valence-corrected chi connectivity index (χ3v) is 3.48. The lowest BCUT2D eigenvalue weighted by Gasteiger charge is -2.30. The second kappa shape index (κ2) is 5.83. The van der Waals surface area contributed by atoms with E-state index in [4.69, 9.17) is 0 Å². The number of hydrogen-bond donors (Lipinski definition) is 1. The van der Waals surface area contributed by atoms with Gasteiger partial charge >= 0.3 is 0 Å². The number of carbonyl (C=O) groups is 1. The van der Waals surface area contributed by atoms with Crippen LogP contribution in [0, 0.1) is 20.2 Å². The van der Waals surface area contributed by atoms with E-state index in [2.05, 4.69) is 0 Å². The Labute approximate surface area is 120 Å². The van der Waals surface area contributed by atoms with E-state index in [9.17, 15) is 25.0 Å². The molecule has 1 aliphatic heterocycles. The van der Waals surface area contributed by atoms with Gasteiger partial charge in [0, 0.05) is 12.1 Å². The number of carbonyl (C=O) groups excluding carboxylic acids is 1. The Morgan fingerprint density at radius 3 is 2.00 bits per heavy atom. The van der Waals surface area contributed by atoms with Crippen molar-refractivity contribution >= 4 is 17.3 Å². The second-order valence-corrected chi connectivity index (χ2v) is 5.00. The number of benzene rings is 1. The van der Waals surface area contributed by atoms with Crippen molar-refractivity contribution in [3.05, 3.63) is 44.0 Å². The number of amides is 1. The van der Waals surface area contributed by atoms with E-state index < -0.39 is 27.1 Å². The molecular weight excluding hydrogens is 280 g/mol. The van der Waals surface area contributed by atoms with E-state index in [0.717, 1.165) is 31.3 Å². The molecule has 0 unspecified atom stereocenters. The molecule has 0 saturated carbocycles. The van der Waals surface area contributed by atoms with E-state index in [-0.39, 0.29) is 5.56 Å². The predicted molar refractivity (Wildman–Crippen MR) is 72.3 cm³/mol.